The zero-order chi connectivity index (χ0) is 18.4. The van der Waals surface area contributed by atoms with Gasteiger partial charge in [-0.15, -0.1) is 0 Å². The van der Waals surface area contributed by atoms with Crippen LogP contribution in [0, 0.1) is 0 Å². The summed E-state index contributed by atoms with van der Waals surface area (Å²) in [5.41, 5.74) is 0.789. The molecule has 25 heavy (non-hydrogen) atoms. The van der Waals surface area contributed by atoms with Gasteiger partial charge in [-0.25, -0.2) is 14.8 Å². The van der Waals surface area contributed by atoms with E-state index in [1.807, 2.05) is 6.92 Å². The Hall–Kier alpha value is -3.03. The van der Waals surface area contributed by atoms with Crippen molar-refractivity contribution in [3.63, 3.8) is 0 Å². The fraction of sp³-hybridized carbons (Fsp3) is 0.353. The van der Waals surface area contributed by atoms with E-state index in [-0.39, 0.29) is 11.7 Å². The van der Waals surface area contributed by atoms with Crippen LogP contribution in [0.3, 0.4) is 0 Å². The Bertz CT molecular complexity index is 709. The molecule has 1 atom stereocenters. The average Bonchev–Trinajstić information content (AvgIpc) is 2.62. The number of carboxylic acid groups (broad SMARTS) is 1. The van der Waals surface area contributed by atoms with Gasteiger partial charge in [-0.1, -0.05) is 0 Å². The molecule has 1 unspecified atom stereocenters. The third-order valence-electron chi connectivity index (χ3n) is 3.59. The second-order valence-electron chi connectivity index (χ2n) is 5.35. The summed E-state index contributed by atoms with van der Waals surface area (Å²) in [7, 11) is 4.76. The smallest absolute Gasteiger partial charge is 0.356 e. The third kappa shape index (κ3) is 4.50. The number of benzene rings is 1. The van der Waals surface area contributed by atoms with Crippen LogP contribution >= 0.6 is 0 Å². The lowest BCUT2D eigenvalue weighted by Crippen LogP contribution is -2.20. The van der Waals surface area contributed by atoms with E-state index in [0.29, 0.717) is 29.5 Å². The number of methoxy groups -OCH3 is 3. The molecular weight excluding hydrogens is 326 g/mol. The zero-order valence-electron chi connectivity index (χ0n) is 14.6. The third-order valence-corrected chi connectivity index (χ3v) is 3.59. The Morgan fingerprint density at radius 3 is 2.20 bits per heavy atom. The number of carboxylic acids is 1. The van der Waals surface area contributed by atoms with Crippen LogP contribution in [0.2, 0.25) is 0 Å². The van der Waals surface area contributed by atoms with Gasteiger partial charge < -0.3 is 24.6 Å². The van der Waals surface area contributed by atoms with Gasteiger partial charge in [-0.3, -0.25) is 0 Å². The van der Waals surface area contributed by atoms with Gasteiger partial charge in [0.15, 0.2) is 5.69 Å². The summed E-state index contributed by atoms with van der Waals surface area (Å²) in [4.78, 5) is 18.7. The highest BCUT2D eigenvalue weighted by Gasteiger charge is 2.16. The van der Waals surface area contributed by atoms with E-state index in [9.17, 15) is 4.79 Å². The molecule has 0 spiro atoms. The minimum atomic E-state index is -1.11. The summed E-state index contributed by atoms with van der Waals surface area (Å²) < 4.78 is 16.1. The van der Waals surface area contributed by atoms with Gasteiger partial charge in [0.05, 0.1) is 33.7 Å². The minimum absolute atomic E-state index is 0.0267. The highest BCUT2D eigenvalue weighted by Crippen LogP contribution is 2.35. The molecule has 0 aliphatic rings. The molecule has 0 saturated carbocycles. The standard InChI is InChI=1S/C17H21N3O5/c1-10(20-16-9-18-13(8-19-16)17(21)22)5-12-14(24-3)6-11(23-2)7-15(12)25-4/h6-10H,5H2,1-4H3,(H,19,20)(H,21,22). The minimum Gasteiger partial charge on any atom is -0.496 e. The van der Waals surface area contributed by atoms with Gasteiger partial charge in [-0.2, -0.15) is 0 Å². The molecule has 1 aromatic carbocycles. The van der Waals surface area contributed by atoms with Crippen LogP contribution in [0.4, 0.5) is 5.82 Å². The number of anilines is 1. The van der Waals surface area contributed by atoms with Gasteiger partial charge in [0.2, 0.25) is 0 Å². The number of aromatic nitrogens is 2. The monoisotopic (exact) mass is 347 g/mol. The van der Waals surface area contributed by atoms with Crippen LogP contribution in [-0.4, -0.2) is 48.4 Å². The predicted octanol–water partition coefficient (Wildman–Crippen LogP) is 2.24. The van der Waals surface area contributed by atoms with Crippen LogP contribution in [0.5, 0.6) is 17.2 Å². The lowest BCUT2D eigenvalue weighted by atomic mass is 10.0. The molecule has 0 radical (unpaired) electrons. The molecule has 2 N–H and O–H groups in total. The molecule has 0 aliphatic carbocycles. The molecule has 1 heterocycles. The number of carbonyl (C=O) groups is 1. The number of ether oxygens (including phenoxy) is 3. The van der Waals surface area contributed by atoms with Crippen LogP contribution < -0.4 is 19.5 Å². The van der Waals surface area contributed by atoms with Gasteiger partial charge >= 0.3 is 5.97 Å². The van der Waals surface area contributed by atoms with Crippen molar-refractivity contribution >= 4 is 11.8 Å². The van der Waals surface area contributed by atoms with E-state index >= 15 is 0 Å². The van der Waals surface area contributed by atoms with Crippen molar-refractivity contribution in [2.24, 2.45) is 0 Å². The SMILES string of the molecule is COc1cc(OC)c(CC(C)Nc2cnc(C(=O)O)cn2)c(OC)c1. The van der Waals surface area contributed by atoms with Crippen LogP contribution in [0.15, 0.2) is 24.5 Å². The highest BCUT2D eigenvalue weighted by atomic mass is 16.5. The topological polar surface area (TPSA) is 103 Å². The molecule has 1 aromatic heterocycles. The number of hydrogen-bond donors (Lipinski definition) is 2. The first-order valence-corrected chi connectivity index (χ1v) is 7.59. The van der Waals surface area contributed by atoms with Crippen molar-refractivity contribution < 1.29 is 24.1 Å². The molecule has 8 nitrogen and oxygen atoms in total. The Morgan fingerprint density at radius 2 is 1.76 bits per heavy atom. The lowest BCUT2D eigenvalue weighted by Gasteiger charge is -2.19. The summed E-state index contributed by atoms with van der Waals surface area (Å²) in [6, 6.07) is 3.57. The first-order chi connectivity index (χ1) is 12.0. The summed E-state index contributed by atoms with van der Waals surface area (Å²) in [6.07, 6.45) is 3.20. The molecule has 0 fully saturated rings. The molecule has 0 amide bonds. The van der Waals surface area contributed by atoms with E-state index in [0.717, 1.165) is 5.56 Å². The number of rotatable bonds is 8. The maximum absolute atomic E-state index is 10.8. The predicted molar refractivity (Wildman–Crippen MR) is 91.9 cm³/mol. The van der Waals surface area contributed by atoms with Crippen molar-refractivity contribution in [3.05, 3.63) is 35.8 Å². The second-order valence-corrected chi connectivity index (χ2v) is 5.35. The van der Waals surface area contributed by atoms with Crippen LogP contribution in [0.1, 0.15) is 23.0 Å². The highest BCUT2D eigenvalue weighted by molar-refractivity contribution is 5.84. The number of nitrogens with one attached hydrogen (secondary N) is 1. The maximum atomic E-state index is 10.8. The lowest BCUT2D eigenvalue weighted by molar-refractivity contribution is 0.0690. The molecule has 0 bridgehead atoms. The Labute approximate surface area is 145 Å². The van der Waals surface area contributed by atoms with Crippen LogP contribution in [0.25, 0.3) is 0 Å². The first-order valence-electron chi connectivity index (χ1n) is 7.59. The van der Waals surface area contributed by atoms with E-state index in [2.05, 4.69) is 15.3 Å². The summed E-state index contributed by atoms with van der Waals surface area (Å²) in [6.45, 7) is 1.97. The summed E-state index contributed by atoms with van der Waals surface area (Å²) >= 11 is 0. The molecule has 0 aliphatic heterocycles. The van der Waals surface area contributed by atoms with E-state index in [1.54, 1.807) is 33.5 Å². The normalized spacial score (nSPS) is 11.5. The molecule has 134 valence electrons. The fourth-order valence-electron chi connectivity index (χ4n) is 2.40. The molecule has 8 heteroatoms. The largest absolute Gasteiger partial charge is 0.496 e. The molecule has 2 aromatic rings. The van der Waals surface area contributed by atoms with E-state index in [4.69, 9.17) is 19.3 Å². The quantitative estimate of drug-likeness (QED) is 0.749. The van der Waals surface area contributed by atoms with E-state index < -0.39 is 5.97 Å². The summed E-state index contributed by atoms with van der Waals surface area (Å²) in [5, 5.41) is 12.0. The Morgan fingerprint density at radius 1 is 1.12 bits per heavy atom. The second kappa shape index (κ2) is 8.18. The Kier molecular flexibility index (Phi) is 5.99. The van der Waals surface area contributed by atoms with Crippen LogP contribution in [-0.2, 0) is 6.42 Å². The average molecular weight is 347 g/mol. The molecular formula is C17H21N3O5. The number of hydrogen-bond acceptors (Lipinski definition) is 7. The van der Waals surface area contributed by atoms with Gasteiger partial charge in [0.25, 0.3) is 0 Å². The molecule has 0 saturated heterocycles. The van der Waals surface area contributed by atoms with Crippen molar-refractivity contribution in [1.29, 1.82) is 0 Å². The zero-order valence-corrected chi connectivity index (χ0v) is 14.6. The van der Waals surface area contributed by atoms with Gasteiger partial charge in [-0.05, 0) is 13.3 Å². The van der Waals surface area contributed by atoms with Crippen molar-refractivity contribution in [2.75, 3.05) is 26.6 Å². The van der Waals surface area contributed by atoms with Crippen molar-refractivity contribution in [1.82, 2.24) is 9.97 Å². The van der Waals surface area contributed by atoms with Gasteiger partial charge in [0.1, 0.15) is 23.1 Å². The maximum Gasteiger partial charge on any atom is 0.356 e. The fourth-order valence-corrected chi connectivity index (χ4v) is 2.40. The van der Waals surface area contributed by atoms with Crippen molar-refractivity contribution in [3.8, 4) is 17.2 Å². The van der Waals surface area contributed by atoms with Crippen molar-refractivity contribution in [2.45, 2.75) is 19.4 Å². The molecule has 2 rings (SSSR count). The number of nitrogens with zero attached hydrogens (tertiary/aromatic N) is 2. The number of aromatic carboxylic acids is 1. The Balaban J connectivity index is 2.16. The van der Waals surface area contributed by atoms with E-state index in [1.165, 1.54) is 12.4 Å². The first kappa shape index (κ1) is 18.3. The van der Waals surface area contributed by atoms with Gasteiger partial charge in [0, 0.05) is 23.7 Å². The summed E-state index contributed by atoms with van der Waals surface area (Å²) in [5.74, 6) is 1.35.